The fourth-order valence-corrected chi connectivity index (χ4v) is 1.91. The van der Waals surface area contributed by atoms with Crippen molar-refractivity contribution in [3.05, 3.63) is 29.8 Å². The van der Waals surface area contributed by atoms with Crippen LogP contribution in [-0.2, 0) is 11.2 Å². The van der Waals surface area contributed by atoms with Gasteiger partial charge in [0.2, 0.25) is 5.91 Å². The summed E-state index contributed by atoms with van der Waals surface area (Å²) < 4.78 is 5.10. The largest absolute Gasteiger partial charge is 0.497 e. The van der Waals surface area contributed by atoms with Gasteiger partial charge in [-0.25, -0.2) is 0 Å². The Morgan fingerprint density at radius 1 is 1.40 bits per heavy atom. The molecule has 0 heterocycles. The zero-order valence-corrected chi connectivity index (χ0v) is 13.1. The van der Waals surface area contributed by atoms with Crippen LogP contribution in [0.2, 0.25) is 0 Å². The molecule has 0 spiro atoms. The minimum atomic E-state index is 0.0416. The molecule has 1 amide bonds. The van der Waals surface area contributed by atoms with Crippen molar-refractivity contribution >= 4 is 23.1 Å². The summed E-state index contributed by atoms with van der Waals surface area (Å²) in [6.45, 7) is 2.49. The van der Waals surface area contributed by atoms with Crippen molar-refractivity contribution in [3.8, 4) is 5.75 Å². The van der Waals surface area contributed by atoms with E-state index in [0.717, 1.165) is 11.3 Å². The molecule has 0 aliphatic heterocycles. The molecular weight excluding hydrogens is 272 g/mol. The maximum Gasteiger partial charge on any atom is 0.222 e. The molecule has 2 N–H and O–H groups in total. The third kappa shape index (κ3) is 5.17. The second kappa shape index (κ2) is 7.85. The molecule has 1 unspecified atom stereocenters. The SMILES string of the molecule is COc1ccc(CCC(=O)N(C)CC(C)C(N)=S)cc1. The molecule has 1 atom stereocenters. The number of aryl methyl sites for hydroxylation is 1. The molecular formula is C15H22N2O2S. The van der Waals surface area contributed by atoms with Crippen LogP contribution >= 0.6 is 12.2 Å². The Hall–Kier alpha value is -1.62. The van der Waals surface area contributed by atoms with Crippen molar-refractivity contribution in [2.24, 2.45) is 11.7 Å². The van der Waals surface area contributed by atoms with E-state index in [9.17, 15) is 4.79 Å². The van der Waals surface area contributed by atoms with Crippen LogP contribution in [0.3, 0.4) is 0 Å². The van der Waals surface area contributed by atoms with Gasteiger partial charge in [0.05, 0.1) is 12.1 Å². The van der Waals surface area contributed by atoms with Crippen molar-refractivity contribution in [1.82, 2.24) is 4.90 Å². The quantitative estimate of drug-likeness (QED) is 0.782. The number of carbonyl (C=O) groups excluding carboxylic acids is 1. The van der Waals surface area contributed by atoms with Crippen LogP contribution < -0.4 is 10.5 Å². The Morgan fingerprint density at radius 2 is 2.00 bits per heavy atom. The second-order valence-corrected chi connectivity index (χ2v) is 5.40. The molecule has 0 saturated heterocycles. The lowest BCUT2D eigenvalue weighted by Crippen LogP contribution is -2.35. The van der Waals surface area contributed by atoms with Crippen LogP contribution in [0.4, 0.5) is 0 Å². The lowest BCUT2D eigenvalue weighted by molar-refractivity contribution is -0.130. The number of hydrogen-bond acceptors (Lipinski definition) is 3. The van der Waals surface area contributed by atoms with Gasteiger partial charge in [-0.05, 0) is 24.1 Å². The zero-order chi connectivity index (χ0) is 15.1. The van der Waals surface area contributed by atoms with E-state index in [1.165, 1.54) is 0 Å². The Balaban J connectivity index is 2.43. The molecule has 0 aliphatic rings. The van der Waals surface area contributed by atoms with Crippen LogP contribution in [0.5, 0.6) is 5.75 Å². The van der Waals surface area contributed by atoms with Crippen LogP contribution in [0, 0.1) is 5.92 Å². The molecule has 0 fully saturated rings. The summed E-state index contributed by atoms with van der Waals surface area (Å²) in [6.07, 6.45) is 1.20. The first-order chi connectivity index (χ1) is 9.43. The fourth-order valence-electron chi connectivity index (χ4n) is 1.84. The van der Waals surface area contributed by atoms with Crippen molar-refractivity contribution in [2.45, 2.75) is 19.8 Å². The van der Waals surface area contributed by atoms with E-state index in [-0.39, 0.29) is 11.8 Å². The van der Waals surface area contributed by atoms with Crippen LogP contribution in [-0.4, -0.2) is 36.5 Å². The first kappa shape index (κ1) is 16.4. The number of ether oxygens (including phenoxy) is 1. The van der Waals surface area contributed by atoms with Gasteiger partial charge in [-0.1, -0.05) is 31.3 Å². The summed E-state index contributed by atoms with van der Waals surface area (Å²) in [6, 6.07) is 7.75. The Labute approximate surface area is 125 Å². The van der Waals surface area contributed by atoms with Gasteiger partial charge in [-0.2, -0.15) is 0 Å². The smallest absolute Gasteiger partial charge is 0.222 e. The van der Waals surface area contributed by atoms with Crippen LogP contribution in [0.1, 0.15) is 18.9 Å². The summed E-state index contributed by atoms with van der Waals surface area (Å²) >= 11 is 4.92. The topological polar surface area (TPSA) is 55.6 Å². The molecule has 5 heteroatoms. The summed E-state index contributed by atoms with van der Waals surface area (Å²) in [4.78, 5) is 14.1. The monoisotopic (exact) mass is 294 g/mol. The first-order valence-electron chi connectivity index (χ1n) is 6.60. The predicted octanol–water partition coefficient (Wildman–Crippen LogP) is 2.01. The number of thiocarbonyl (C=S) groups is 1. The molecule has 20 heavy (non-hydrogen) atoms. The van der Waals surface area contributed by atoms with Gasteiger partial charge in [0.15, 0.2) is 0 Å². The minimum absolute atomic E-state index is 0.0416. The average molecular weight is 294 g/mol. The molecule has 1 rings (SSSR count). The highest BCUT2D eigenvalue weighted by Crippen LogP contribution is 2.13. The second-order valence-electron chi connectivity index (χ2n) is 4.93. The highest BCUT2D eigenvalue weighted by atomic mass is 32.1. The van der Waals surface area contributed by atoms with Crippen LogP contribution in [0.15, 0.2) is 24.3 Å². The molecule has 0 aromatic heterocycles. The molecule has 0 saturated carbocycles. The van der Waals surface area contributed by atoms with Gasteiger partial charge in [-0.15, -0.1) is 0 Å². The van der Waals surface area contributed by atoms with E-state index in [1.54, 1.807) is 19.1 Å². The van der Waals surface area contributed by atoms with E-state index in [0.29, 0.717) is 24.4 Å². The predicted molar refractivity (Wildman–Crippen MR) is 84.9 cm³/mol. The third-order valence-electron chi connectivity index (χ3n) is 3.25. The zero-order valence-electron chi connectivity index (χ0n) is 12.3. The van der Waals surface area contributed by atoms with Gasteiger partial charge in [0, 0.05) is 25.9 Å². The van der Waals surface area contributed by atoms with Crippen molar-refractivity contribution in [2.75, 3.05) is 20.7 Å². The lowest BCUT2D eigenvalue weighted by atomic mass is 10.1. The van der Waals surface area contributed by atoms with Gasteiger partial charge < -0.3 is 15.4 Å². The van der Waals surface area contributed by atoms with E-state index >= 15 is 0 Å². The summed E-state index contributed by atoms with van der Waals surface area (Å²) in [5.74, 6) is 0.964. The fraction of sp³-hybridized carbons (Fsp3) is 0.467. The Morgan fingerprint density at radius 3 is 2.50 bits per heavy atom. The van der Waals surface area contributed by atoms with Crippen molar-refractivity contribution < 1.29 is 9.53 Å². The molecule has 0 radical (unpaired) electrons. The molecule has 110 valence electrons. The number of methoxy groups -OCH3 is 1. The molecule has 4 nitrogen and oxygen atoms in total. The summed E-state index contributed by atoms with van der Waals surface area (Å²) in [5, 5.41) is 0. The number of rotatable bonds is 7. The van der Waals surface area contributed by atoms with Gasteiger partial charge in [0.25, 0.3) is 0 Å². The molecule has 0 aliphatic carbocycles. The number of nitrogens with two attached hydrogens (primary N) is 1. The standard InChI is InChI=1S/C15H22N2O2S/c1-11(15(16)20)10-17(2)14(18)9-6-12-4-7-13(19-3)8-5-12/h4-5,7-8,11H,6,9-10H2,1-3H3,(H2,16,20). The highest BCUT2D eigenvalue weighted by Gasteiger charge is 2.13. The summed E-state index contributed by atoms with van der Waals surface area (Å²) in [5.41, 5.74) is 6.68. The number of benzene rings is 1. The average Bonchev–Trinajstić information content (AvgIpc) is 2.44. The molecule has 0 bridgehead atoms. The first-order valence-corrected chi connectivity index (χ1v) is 7.01. The summed E-state index contributed by atoms with van der Waals surface area (Å²) in [7, 11) is 3.42. The Kier molecular flexibility index (Phi) is 6.45. The number of nitrogens with zero attached hydrogens (tertiary/aromatic N) is 1. The molecule has 1 aromatic rings. The maximum absolute atomic E-state index is 12.0. The van der Waals surface area contributed by atoms with Crippen molar-refractivity contribution in [3.63, 3.8) is 0 Å². The van der Waals surface area contributed by atoms with E-state index in [2.05, 4.69) is 0 Å². The van der Waals surface area contributed by atoms with Gasteiger partial charge >= 0.3 is 0 Å². The van der Waals surface area contributed by atoms with E-state index < -0.39 is 0 Å². The number of hydrogen-bond donors (Lipinski definition) is 1. The van der Waals surface area contributed by atoms with Crippen LogP contribution in [0.25, 0.3) is 0 Å². The van der Waals surface area contributed by atoms with E-state index in [4.69, 9.17) is 22.7 Å². The minimum Gasteiger partial charge on any atom is -0.497 e. The Bertz CT molecular complexity index is 459. The van der Waals surface area contributed by atoms with Gasteiger partial charge in [0.1, 0.15) is 5.75 Å². The maximum atomic E-state index is 12.0. The number of amides is 1. The normalized spacial score (nSPS) is 11.8. The highest BCUT2D eigenvalue weighted by molar-refractivity contribution is 7.80. The van der Waals surface area contributed by atoms with Gasteiger partial charge in [-0.3, -0.25) is 4.79 Å². The van der Waals surface area contributed by atoms with E-state index in [1.807, 2.05) is 31.2 Å². The third-order valence-corrected chi connectivity index (χ3v) is 3.65. The molecule has 1 aromatic carbocycles. The lowest BCUT2D eigenvalue weighted by Gasteiger charge is -2.21. The van der Waals surface area contributed by atoms with Crippen molar-refractivity contribution in [1.29, 1.82) is 0 Å². The number of carbonyl (C=O) groups is 1.